The van der Waals surface area contributed by atoms with Gasteiger partial charge in [0.15, 0.2) is 23.4 Å². The lowest BCUT2D eigenvalue weighted by atomic mass is 10.1. The molecule has 5 heteroatoms. The van der Waals surface area contributed by atoms with Crippen LogP contribution in [-0.2, 0) is 13.0 Å². The average Bonchev–Trinajstić information content (AvgIpc) is 2.59. The van der Waals surface area contributed by atoms with Gasteiger partial charge in [-0.1, -0.05) is 6.07 Å². The summed E-state index contributed by atoms with van der Waals surface area (Å²) < 4.78 is 16.2. The minimum absolute atomic E-state index is 0.635. The summed E-state index contributed by atoms with van der Waals surface area (Å²) in [6.45, 7) is 1.93. The molecule has 5 nitrogen and oxygen atoms in total. The van der Waals surface area contributed by atoms with Gasteiger partial charge in [0.1, 0.15) is 6.54 Å². The summed E-state index contributed by atoms with van der Waals surface area (Å²) in [5.74, 6) is 2.03. The zero-order valence-electron chi connectivity index (χ0n) is 14.3. The fourth-order valence-corrected chi connectivity index (χ4v) is 2.61. The second-order valence-electron chi connectivity index (χ2n) is 5.56. The normalized spacial score (nSPS) is 11.8. The van der Waals surface area contributed by atoms with E-state index in [1.54, 1.807) is 21.3 Å². The number of H-pyrrole nitrogens is 1. The average molecular weight is 318 g/mol. The number of ether oxygens (including phenoxy) is 3. The molecule has 0 saturated carbocycles. The van der Waals surface area contributed by atoms with E-state index in [1.807, 2.05) is 24.4 Å². The Labute approximate surface area is 137 Å². The van der Waals surface area contributed by atoms with Crippen molar-refractivity contribution in [3.63, 3.8) is 0 Å². The first-order valence-corrected chi connectivity index (χ1v) is 7.73. The Bertz CT molecular complexity index is 592. The molecule has 2 aromatic rings. The lowest BCUT2D eigenvalue weighted by Gasteiger charge is -2.17. The highest BCUT2D eigenvalue weighted by molar-refractivity contribution is 5.53. The van der Waals surface area contributed by atoms with Crippen LogP contribution in [0.15, 0.2) is 36.5 Å². The summed E-state index contributed by atoms with van der Waals surface area (Å²) in [6.07, 6.45) is 2.97. The highest BCUT2D eigenvalue weighted by atomic mass is 16.5. The molecule has 23 heavy (non-hydrogen) atoms. The van der Waals surface area contributed by atoms with E-state index in [2.05, 4.69) is 24.2 Å². The van der Waals surface area contributed by atoms with Crippen LogP contribution in [-0.4, -0.2) is 34.9 Å². The summed E-state index contributed by atoms with van der Waals surface area (Å²) in [6, 6.07) is 10.2. The van der Waals surface area contributed by atoms with Gasteiger partial charge in [0.05, 0.1) is 41.3 Å². The maximum absolute atomic E-state index is 5.41. The molecule has 2 rings (SSSR count). The van der Waals surface area contributed by atoms with Crippen LogP contribution >= 0.6 is 0 Å². The predicted octanol–water partition coefficient (Wildman–Crippen LogP) is 0.784. The summed E-state index contributed by atoms with van der Waals surface area (Å²) in [5, 5.41) is 0. The molecule has 0 radical (unpaired) electrons. The summed E-state index contributed by atoms with van der Waals surface area (Å²) in [5.41, 5.74) is 2.41. The van der Waals surface area contributed by atoms with Crippen LogP contribution in [0.25, 0.3) is 0 Å². The van der Waals surface area contributed by atoms with Crippen molar-refractivity contribution in [1.82, 2.24) is 0 Å². The highest BCUT2D eigenvalue weighted by Crippen LogP contribution is 2.37. The number of likely N-dealkylation sites (N-methyl/N-ethyl adjacent to an activating group) is 1. The number of rotatable bonds is 8. The first kappa shape index (κ1) is 17.1. The van der Waals surface area contributed by atoms with Crippen molar-refractivity contribution in [1.29, 1.82) is 0 Å². The van der Waals surface area contributed by atoms with Crippen LogP contribution in [0.5, 0.6) is 17.2 Å². The number of hydrogen-bond donors (Lipinski definition) is 1. The first-order valence-electron chi connectivity index (χ1n) is 7.73. The number of quaternary nitrogens is 1. The van der Waals surface area contributed by atoms with E-state index in [0.717, 1.165) is 25.1 Å². The molecular weight excluding hydrogens is 292 g/mol. The van der Waals surface area contributed by atoms with Gasteiger partial charge < -0.3 is 19.1 Å². The summed E-state index contributed by atoms with van der Waals surface area (Å²) in [4.78, 5) is 4.68. The molecule has 1 aromatic carbocycles. The van der Waals surface area contributed by atoms with Crippen LogP contribution in [0.1, 0.15) is 11.3 Å². The minimum Gasteiger partial charge on any atom is -0.493 e. The molecular formula is C18H26N2O3+2. The van der Waals surface area contributed by atoms with E-state index in [-0.39, 0.29) is 0 Å². The van der Waals surface area contributed by atoms with E-state index >= 15 is 0 Å². The third kappa shape index (κ3) is 4.60. The quantitative estimate of drug-likeness (QED) is 0.782. The van der Waals surface area contributed by atoms with Gasteiger partial charge in [-0.15, -0.1) is 0 Å². The number of aromatic nitrogens is 1. The lowest BCUT2D eigenvalue weighted by molar-refractivity contribution is -0.893. The number of benzene rings is 1. The van der Waals surface area contributed by atoms with Gasteiger partial charge in [0.2, 0.25) is 5.75 Å². The number of methoxy groups -OCH3 is 3. The van der Waals surface area contributed by atoms with Gasteiger partial charge >= 0.3 is 0 Å². The largest absolute Gasteiger partial charge is 0.493 e. The van der Waals surface area contributed by atoms with Crippen LogP contribution < -0.4 is 24.1 Å². The van der Waals surface area contributed by atoms with Crippen molar-refractivity contribution in [3.05, 3.63) is 47.8 Å². The predicted molar refractivity (Wildman–Crippen MR) is 88.3 cm³/mol. The van der Waals surface area contributed by atoms with Crippen LogP contribution in [0.4, 0.5) is 0 Å². The summed E-state index contributed by atoms with van der Waals surface area (Å²) >= 11 is 0. The van der Waals surface area contributed by atoms with Crippen molar-refractivity contribution in [2.24, 2.45) is 0 Å². The molecule has 124 valence electrons. The fourth-order valence-electron chi connectivity index (χ4n) is 2.61. The lowest BCUT2D eigenvalue weighted by Crippen LogP contribution is -3.07. The van der Waals surface area contributed by atoms with Gasteiger partial charge in [-0.2, -0.15) is 0 Å². The second-order valence-corrected chi connectivity index (χ2v) is 5.56. The third-order valence-corrected chi connectivity index (χ3v) is 3.83. The summed E-state index contributed by atoms with van der Waals surface area (Å²) in [7, 11) is 7.09. The van der Waals surface area contributed by atoms with Crippen molar-refractivity contribution in [3.8, 4) is 17.2 Å². The molecule has 0 spiro atoms. The van der Waals surface area contributed by atoms with Crippen LogP contribution in [0.2, 0.25) is 0 Å². The molecule has 0 aliphatic heterocycles. The van der Waals surface area contributed by atoms with E-state index in [4.69, 9.17) is 14.2 Å². The minimum atomic E-state index is 0.635. The van der Waals surface area contributed by atoms with Gasteiger partial charge in [-0.05, 0) is 12.1 Å². The molecule has 0 aliphatic carbocycles. The Kier molecular flexibility index (Phi) is 6.23. The van der Waals surface area contributed by atoms with Crippen LogP contribution in [0.3, 0.4) is 0 Å². The Morgan fingerprint density at radius 2 is 1.70 bits per heavy atom. The monoisotopic (exact) mass is 318 g/mol. The van der Waals surface area contributed by atoms with Gasteiger partial charge in [0.25, 0.3) is 0 Å². The molecule has 0 fully saturated rings. The van der Waals surface area contributed by atoms with E-state index < -0.39 is 0 Å². The molecule has 0 bridgehead atoms. The first-order chi connectivity index (χ1) is 11.2. The molecule has 1 aromatic heterocycles. The smallest absolute Gasteiger partial charge is 0.203 e. The zero-order chi connectivity index (χ0) is 16.7. The Morgan fingerprint density at radius 1 is 1.00 bits per heavy atom. The molecule has 1 atom stereocenters. The Morgan fingerprint density at radius 3 is 2.22 bits per heavy atom. The topological polar surface area (TPSA) is 46.3 Å². The number of nitrogens with one attached hydrogen (secondary N) is 2. The maximum atomic E-state index is 5.41. The van der Waals surface area contributed by atoms with Gasteiger partial charge in [0, 0.05) is 17.7 Å². The third-order valence-electron chi connectivity index (χ3n) is 3.83. The zero-order valence-corrected chi connectivity index (χ0v) is 14.3. The standard InChI is InChI=1S/C18H24N2O3/c1-20(10-8-15-7-5-6-9-19-15)13-14-11-16(21-2)18(23-4)17(12-14)22-3/h5-7,9,11-12H,8,10,13H2,1-4H3/p+2. The molecule has 0 aliphatic rings. The highest BCUT2D eigenvalue weighted by Gasteiger charge is 2.15. The number of pyridine rings is 1. The molecule has 1 unspecified atom stereocenters. The van der Waals surface area contributed by atoms with E-state index in [0.29, 0.717) is 17.2 Å². The Balaban J connectivity index is 2.04. The molecule has 2 N–H and O–H groups in total. The second kappa shape index (κ2) is 8.39. The fraction of sp³-hybridized carbons (Fsp3) is 0.389. The van der Waals surface area contributed by atoms with Crippen molar-refractivity contribution < 1.29 is 24.1 Å². The molecule has 0 saturated heterocycles. The maximum Gasteiger partial charge on any atom is 0.203 e. The number of hydrogen-bond acceptors (Lipinski definition) is 3. The van der Waals surface area contributed by atoms with Crippen LogP contribution in [0, 0.1) is 0 Å². The number of aromatic amines is 1. The Hall–Kier alpha value is -2.27. The van der Waals surface area contributed by atoms with Crippen molar-refractivity contribution in [2.75, 3.05) is 34.9 Å². The van der Waals surface area contributed by atoms with E-state index in [9.17, 15) is 0 Å². The SMILES string of the molecule is COc1cc(C[NH+](C)CCc2cccc[nH+]2)cc(OC)c1OC. The van der Waals surface area contributed by atoms with Crippen molar-refractivity contribution in [2.45, 2.75) is 13.0 Å². The van der Waals surface area contributed by atoms with Gasteiger partial charge in [-0.25, -0.2) is 4.98 Å². The van der Waals surface area contributed by atoms with Crippen molar-refractivity contribution >= 4 is 0 Å². The van der Waals surface area contributed by atoms with Gasteiger partial charge in [-0.3, -0.25) is 0 Å². The van der Waals surface area contributed by atoms with E-state index in [1.165, 1.54) is 10.6 Å². The molecule has 0 amide bonds. The molecule has 1 heterocycles.